The van der Waals surface area contributed by atoms with Crippen LogP contribution < -0.4 is 5.73 Å². The van der Waals surface area contributed by atoms with Crippen molar-refractivity contribution in [1.82, 2.24) is 9.38 Å². The van der Waals surface area contributed by atoms with Crippen molar-refractivity contribution < 1.29 is 0 Å². The molecule has 0 aliphatic heterocycles. The lowest BCUT2D eigenvalue weighted by atomic mass is 10.0. The number of rotatable bonds is 2. The zero-order valence-electron chi connectivity index (χ0n) is 11.5. The number of fused-ring (bicyclic) bond motifs is 1. The summed E-state index contributed by atoms with van der Waals surface area (Å²) in [5, 5.41) is 0.601. The molecule has 1 aromatic carbocycles. The molecular weight excluding hydrogens is 270 g/mol. The van der Waals surface area contributed by atoms with E-state index in [0.29, 0.717) is 22.4 Å². The lowest BCUT2D eigenvalue weighted by molar-refractivity contribution is 0.867. The number of hydrogen-bond acceptors (Lipinski definition) is 2. The van der Waals surface area contributed by atoms with Gasteiger partial charge in [-0.15, -0.1) is 0 Å². The van der Waals surface area contributed by atoms with Crippen LogP contribution in [0.2, 0.25) is 5.02 Å². The Kier molecular flexibility index (Phi) is 3.14. The summed E-state index contributed by atoms with van der Waals surface area (Å²) in [6.45, 7) is 4.35. The molecule has 0 spiro atoms. The Labute approximate surface area is 123 Å². The van der Waals surface area contributed by atoms with Crippen LogP contribution in [0.25, 0.3) is 16.9 Å². The van der Waals surface area contributed by atoms with E-state index in [-0.39, 0.29) is 0 Å². The molecule has 3 rings (SSSR count). The third-order valence-corrected chi connectivity index (χ3v) is 3.79. The Balaban J connectivity index is 2.14. The predicted octanol–water partition coefficient (Wildman–Crippen LogP) is 4.36. The minimum Gasteiger partial charge on any atom is -0.383 e. The fraction of sp³-hybridized carbons (Fsp3) is 0.188. The second-order valence-electron chi connectivity index (χ2n) is 5.17. The van der Waals surface area contributed by atoms with Crippen molar-refractivity contribution in [3.63, 3.8) is 0 Å². The molecule has 20 heavy (non-hydrogen) atoms. The molecule has 0 saturated carbocycles. The average molecular weight is 286 g/mol. The maximum Gasteiger partial charge on any atom is 0.157 e. The van der Waals surface area contributed by atoms with Gasteiger partial charge in [0.25, 0.3) is 0 Å². The standard InChI is InChI=1S/C16H16ClN3/c1-10(2)11-5-7-12(8-6-11)14-15(18)20-9-3-4-13(17)16(20)19-14/h3-10H,18H2,1-2H3. The maximum atomic E-state index is 6.18. The van der Waals surface area contributed by atoms with E-state index in [0.717, 1.165) is 11.3 Å². The van der Waals surface area contributed by atoms with Crippen LogP contribution in [0.1, 0.15) is 25.3 Å². The van der Waals surface area contributed by atoms with Gasteiger partial charge in [-0.3, -0.25) is 4.40 Å². The number of nitrogen functional groups attached to an aromatic ring is 1. The molecule has 2 N–H and O–H groups in total. The van der Waals surface area contributed by atoms with Gasteiger partial charge in [0.05, 0.1) is 5.02 Å². The maximum absolute atomic E-state index is 6.18. The number of nitrogens with two attached hydrogens (primary N) is 1. The van der Waals surface area contributed by atoms with E-state index in [1.54, 1.807) is 0 Å². The third kappa shape index (κ3) is 2.04. The Hall–Kier alpha value is -2.00. The zero-order chi connectivity index (χ0) is 14.3. The van der Waals surface area contributed by atoms with Crippen LogP contribution in [0, 0.1) is 0 Å². The molecule has 2 heterocycles. The number of nitrogens with zero attached hydrogens (tertiary/aromatic N) is 2. The van der Waals surface area contributed by atoms with Gasteiger partial charge < -0.3 is 5.73 Å². The molecule has 0 bridgehead atoms. The van der Waals surface area contributed by atoms with Gasteiger partial charge in [0.2, 0.25) is 0 Å². The van der Waals surface area contributed by atoms with E-state index >= 15 is 0 Å². The fourth-order valence-electron chi connectivity index (χ4n) is 2.29. The van der Waals surface area contributed by atoms with Gasteiger partial charge in [0.15, 0.2) is 5.65 Å². The lowest BCUT2D eigenvalue weighted by Gasteiger charge is -2.06. The Morgan fingerprint density at radius 1 is 1.15 bits per heavy atom. The Morgan fingerprint density at radius 2 is 1.85 bits per heavy atom. The van der Waals surface area contributed by atoms with Gasteiger partial charge in [-0.1, -0.05) is 49.7 Å². The number of hydrogen-bond donors (Lipinski definition) is 1. The van der Waals surface area contributed by atoms with Crippen LogP contribution in [-0.2, 0) is 0 Å². The fourth-order valence-corrected chi connectivity index (χ4v) is 2.50. The highest BCUT2D eigenvalue weighted by molar-refractivity contribution is 6.33. The van der Waals surface area contributed by atoms with E-state index < -0.39 is 0 Å². The van der Waals surface area contributed by atoms with E-state index in [9.17, 15) is 0 Å². The molecule has 0 saturated heterocycles. The Morgan fingerprint density at radius 3 is 2.45 bits per heavy atom. The van der Waals surface area contributed by atoms with Crippen LogP contribution in [0.3, 0.4) is 0 Å². The van der Waals surface area contributed by atoms with Crippen molar-refractivity contribution >= 4 is 23.1 Å². The molecule has 3 nitrogen and oxygen atoms in total. The summed E-state index contributed by atoms with van der Waals surface area (Å²) >= 11 is 6.16. The largest absolute Gasteiger partial charge is 0.383 e. The second-order valence-corrected chi connectivity index (χ2v) is 5.58. The molecule has 0 atom stereocenters. The van der Waals surface area contributed by atoms with Crippen molar-refractivity contribution in [2.45, 2.75) is 19.8 Å². The SMILES string of the molecule is CC(C)c1ccc(-c2nc3c(Cl)cccn3c2N)cc1. The molecule has 0 aliphatic rings. The molecule has 102 valence electrons. The van der Waals surface area contributed by atoms with Gasteiger partial charge >= 0.3 is 0 Å². The van der Waals surface area contributed by atoms with E-state index in [1.807, 2.05) is 22.7 Å². The topological polar surface area (TPSA) is 43.3 Å². The van der Waals surface area contributed by atoms with Crippen LogP contribution in [-0.4, -0.2) is 9.38 Å². The molecule has 4 heteroatoms. The van der Waals surface area contributed by atoms with Gasteiger partial charge in [0.1, 0.15) is 11.5 Å². The quantitative estimate of drug-likeness (QED) is 0.760. The van der Waals surface area contributed by atoms with Gasteiger partial charge in [-0.05, 0) is 23.6 Å². The lowest BCUT2D eigenvalue weighted by Crippen LogP contribution is -1.94. The molecular formula is C16H16ClN3. The normalized spacial score (nSPS) is 11.4. The van der Waals surface area contributed by atoms with Gasteiger partial charge in [-0.25, -0.2) is 4.98 Å². The van der Waals surface area contributed by atoms with E-state index in [2.05, 4.69) is 43.1 Å². The monoisotopic (exact) mass is 285 g/mol. The molecule has 0 fully saturated rings. The van der Waals surface area contributed by atoms with Crippen molar-refractivity contribution in [1.29, 1.82) is 0 Å². The average Bonchev–Trinajstić information content (AvgIpc) is 2.78. The second kappa shape index (κ2) is 4.84. The smallest absolute Gasteiger partial charge is 0.157 e. The number of benzene rings is 1. The van der Waals surface area contributed by atoms with Crippen LogP contribution in [0.4, 0.5) is 5.82 Å². The molecule has 0 unspecified atom stereocenters. The highest BCUT2D eigenvalue weighted by Crippen LogP contribution is 2.30. The molecule has 2 aromatic heterocycles. The predicted molar refractivity (Wildman–Crippen MR) is 84.1 cm³/mol. The molecule has 0 radical (unpaired) electrons. The number of imidazole rings is 1. The summed E-state index contributed by atoms with van der Waals surface area (Å²) in [5.41, 5.74) is 9.95. The summed E-state index contributed by atoms with van der Waals surface area (Å²) in [6, 6.07) is 12.0. The number of pyridine rings is 1. The van der Waals surface area contributed by atoms with Crippen molar-refractivity contribution in [2.24, 2.45) is 0 Å². The van der Waals surface area contributed by atoms with Crippen molar-refractivity contribution in [3.8, 4) is 11.3 Å². The first-order chi connectivity index (χ1) is 9.58. The first kappa shape index (κ1) is 13.0. The summed E-state index contributed by atoms with van der Waals surface area (Å²) in [4.78, 5) is 4.56. The van der Waals surface area contributed by atoms with Crippen LogP contribution in [0.5, 0.6) is 0 Å². The van der Waals surface area contributed by atoms with Crippen LogP contribution >= 0.6 is 11.6 Å². The van der Waals surface area contributed by atoms with E-state index in [1.165, 1.54) is 5.56 Å². The summed E-state index contributed by atoms with van der Waals surface area (Å²) < 4.78 is 1.81. The van der Waals surface area contributed by atoms with Crippen molar-refractivity contribution in [2.75, 3.05) is 5.73 Å². The zero-order valence-corrected chi connectivity index (χ0v) is 12.2. The highest BCUT2D eigenvalue weighted by atomic mass is 35.5. The van der Waals surface area contributed by atoms with Gasteiger partial charge in [-0.2, -0.15) is 0 Å². The minimum atomic E-state index is 0.511. The van der Waals surface area contributed by atoms with Crippen molar-refractivity contribution in [3.05, 3.63) is 53.2 Å². The number of anilines is 1. The minimum absolute atomic E-state index is 0.511. The van der Waals surface area contributed by atoms with E-state index in [4.69, 9.17) is 17.3 Å². The Bertz CT molecular complexity index is 757. The first-order valence-corrected chi connectivity index (χ1v) is 6.98. The highest BCUT2D eigenvalue weighted by Gasteiger charge is 2.13. The number of aromatic nitrogens is 2. The summed E-state index contributed by atoms with van der Waals surface area (Å²) in [5.74, 6) is 1.12. The number of halogens is 1. The third-order valence-electron chi connectivity index (χ3n) is 3.49. The van der Waals surface area contributed by atoms with Gasteiger partial charge in [0, 0.05) is 11.8 Å². The first-order valence-electron chi connectivity index (χ1n) is 6.60. The molecule has 0 amide bonds. The molecule has 3 aromatic rings. The van der Waals surface area contributed by atoms with Crippen LogP contribution in [0.15, 0.2) is 42.6 Å². The summed E-state index contributed by atoms with van der Waals surface area (Å²) in [7, 11) is 0. The molecule has 0 aliphatic carbocycles. The summed E-state index contributed by atoms with van der Waals surface area (Å²) in [6.07, 6.45) is 1.87.